The maximum absolute atomic E-state index is 12.6. The third kappa shape index (κ3) is 3.95. The van der Waals surface area contributed by atoms with Crippen molar-refractivity contribution in [1.82, 2.24) is 24.9 Å². The van der Waals surface area contributed by atoms with E-state index >= 15 is 0 Å². The summed E-state index contributed by atoms with van der Waals surface area (Å²) in [6.45, 7) is 5.03. The maximum atomic E-state index is 12.6. The molecule has 0 saturated carbocycles. The lowest BCUT2D eigenvalue weighted by Gasteiger charge is -2.36. The van der Waals surface area contributed by atoms with Crippen LogP contribution in [0.3, 0.4) is 0 Å². The number of nitrogens with zero attached hydrogens (tertiary/aromatic N) is 7. The van der Waals surface area contributed by atoms with E-state index in [0.717, 1.165) is 41.4 Å². The van der Waals surface area contributed by atoms with E-state index < -0.39 is 5.92 Å². The predicted octanol–water partition coefficient (Wildman–Crippen LogP) is 2.29. The number of anilines is 2. The van der Waals surface area contributed by atoms with Gasteiger partial charge in [0.15, 0.2) is 11.6 Å². The molecule has 10 heteroatoms. The Morgan fingerprint density at radius 3 is 2.68 bits per heavy atom. The Morgan fingerprint density at radius 1 is 1.12 bits per heavy atom. The lowest BCUT2D eigenvalue weighted by molar-refractivity contribution is -0.145. The molecule has 2 aliphatic heterocycles. The lowest BCUT2D eigenvalue weighted by atomic mass is 9.99. The molecule has 10 nitrogen and oxygen atoms in total. The Bertz CT molecular complexity index is 1250. The Kier molecular flexibility index (Phi) is 5.64. The summed E-state index contributed by atoms with van der Waals surface area (Å²) in [5.74, 6) is 0.902. The van der Waals surface area contributed by atoms with E-state index in [1.807, 2.05) is 25.3 Å². The largest absolute Gasteiger partial charge is 0.469 e. The summed E-state index contributed by atoms with van der Waals surface area (Å²) in [6.07, 6.45) is 6.07. The van der Waals surface area contributed by atoms with Crippen molar-refractivity contribution >= 4 is 23.4 Å². The molecule has 0 bridgehead atoms. The number of hydrogen-bond acceptors (Lipinski definition) is 9. The van der Waals surface area contributed by atoms with Crippen LogP contribution in [-0.2, 0) is 20.7 Å². The van der Waals surface area contributed by atoms with Crippen molar-refractivity contribution in [1.29, 1.82) is 0 Å². The summed E-state index contributed by atoms with van der Waals surface area (Å²) in [6, 6.07) is 5.54. The van der Waals surface area contributed by atoms with Gasteiger partial charge in [0, 0.05) is 67.5 Å². The zero-order chi connectivity index (χ0) is 23.8. The zero-order valence-electron chi connectivity index (χ0n) is 19.3. The van der Waals surface area contributed by atoms with Gasteiger partial charge in [-0.15, -0.1) is 0 Å². The molecule has 2 aliphatic rings. The monoisotopic (exact) mass is 459 g/mol. The predicted molar refractivity (Wildman–Crippen MR) is 124 cm³/mol. The van der Waals surface area contributed by atoms with E-state index in [-0.39, 0.29) is 24.3 Å². The standard InChI is InChI=1S/C24H25N7O3/c1-14-9-17(31-13-16(10-21(31)32)24(33)34-3)11-20(28-14)30-8-5-19-18(15(30)2)12-27-23(29-19)22-25-6-4-7-26-22/h4,6-7,9,11-12,15-16H,5,8,10,13H2,1-3H3. The Balaban J connectivity index is 1.42. The van der Waals surface area contributed by atoms with Crippen LogP contribution in [0.25, 0.3) is 11.6 Å². The lowest BCUT2D eigenvalue weighted by Crippen LogP contribution is -2.36. The number of ether oxygens (including phenoxy) is 1. The summed E-state index contributed by atoms with van der Waals surface area (Å²) in [5, 5.41) is 0. The second-order valence-corrected chi connectivity index (χ2v) is 8.54. The van der Waals surface area contributed by atoms with Crippen LogP contribution in [0.2, 0.25) is 0 Å². The smallest absolute Gasteiger partial charge is 0.311 e. The highest BCUT2D eigenvalue weighted by Gasteiger charge is 2.36. The van der Waals surface area contributed by atoms with Crippen LogP contribution in [0.5, 0.6) is 0 Å². The first kappa shape index (κ1) is 21.9. The zero-order valence-corrected chi connectivity index (χ0v) is 19.3. The molecular weight excluding hydrogens is 434 g/mol. The summed E-state index contributed by atoms with van der Waals surface area (Å²) >= 11 is 0. The third-order valence-corrected chi connectivity index (χ3v) is 6.36. The topological polar surface area (TPSA) is 114 Å². The molecule has 3 aromatic rings. The van der Waals surface area contributed by atoms with Gasteiger partial charge in [0.2, 0.25) is 5.91 Å². The molecule has 1 fully saturated rings. The molecule has 0 aliphatic carbocycles. The van der Waals surface area contributed by atoms with Gasteiger partial charge in [-0.05, 0) is 26.0 Å². The van der Waals surface area contributed by atoms with Crippen molar-refractivity contribution < 1.29 is 14.3 Å². The average molecular weight is 460 g/mol. The second-order valence-electron chi connectivity index (χ2n) is 8.54. The molecule has 0 radical (unpaired) electrons. The molecule has 3 aromatic heterocycles. The van der Waals surface area contributed by atoms with Crippen LogP contribution in [0.1, 0.15) is 36.3 Å². The van der Waals surface area contributed by atoms with Crippen molar-refractivity contribution in [3.63, 3.8) is 0 Å². The highest BCUT2D eigenvalue weighted by Crippen LogP contribution is 2.35. The van der Waals surface area contributed by atoms with E-state index in [1.54, 1.807) is 23.4 Å². The van der Waals surface area contributed by atoms with Crippen molar-refractivity contribution in [3.05, 3.63) is 53.7 Å². The van der Waals surface area contributed by atoms with Crippen LogP contribution < -0.4 is 9.80 Å². The number of pyridine rings is 1. The fourth-order valence-corrected chi connectivity index (χ4v) is 4.62. The molecular formula is C24H25N7O3. The molecule has 0 aromatic carbocycles. The molecule has 0 N–H and O–H groups in total. The van der Waals surface area contributed by atoms with Crippen molar-refractivity contribution in [2.45, 2.75) is 32.7 Å². The van der Waals surface area contributed by atoms with E-state index in [2.05, 4.69) is 26.8 Å². The fraction of sp³-hybridized carbons (Fsp3) is 0.375. The molecule has 2 unspecified atom stereocenters. The van der Waals surface area contributed by atoms with E-state index in [1.165, 1.54) is 7.11 Å². The number of fused-ring (bicyclic) bond motifs is 1. The van der Waals surface area contributed by atoms with Gasteiger partial charge in [-0.3, -0.25) is 9.59 Å². The number of carbonyl (C=O) groups excluding carboxylic acids is 2. The summed E-state index contributed by atoms with van der Waals surface area (Å²) in [5.41, 5.74) is 3.54. The number of methoxy groups -OCH3 is 1. The Labute approximate surface area is 197 Å². The van der Waals surface area contributed by atoms with Gasteiger partial charge in [-0.1, -0.05) is 0 Å². The summed E-state index contributed by atoms with van der Waals surface area (Å²) in [7, 11) is 1.35. The van der Waals surface area contributed by atoms with Crippen LogP contribution in [0, 0.1) is 12.8 Å². The quantitative estimate of drug-likeness (QED) is 0.542. The number of carbonyl (C=O) groups is 2. The van der Waals surface area contributed by atoms with Crippen LogP contribution in [0.4, 0.5) is 11.5 Å². The van der Waals surface area contributed by atoms with Gasteiger partial charge in [0.25, 0.3) is 0 Å². The van der Waals surface area contributed by atoms with Crippen molar-refractivity contribution in [3.8, 4) is 11.6 Å². The first-order valence-electron chi connectivity index (χ1n) is 11.2. The number of hydrogen-bond donors (Lipinski definition) is 0. The van der Waals surface area contributed by atoms with Gasteiger partial charge in [-0.25, -0.2) is 24.9 Å². The normalized spacial score (nSPS) is 19.8. The second kappa shape index (κ2) is 8.77. The number of amides is 1. The third-order valence-electron chi connectivity index (χ3n) is 6.36. The van der Waals surface area contributed by atoms with Gasteiger partial charge in [0.05, 0.1) is 24.8 Å². The molecule has 174 valence electrons. The highest BCUT2D eigenvalue weighted by molar-refractivity contribution is 5.99. The molecule has 5 rings (SSSR count). The van der Waals surface area contributed by atoms with Crippen molar-refractivity contribution in [2.75, 3.05) is 30.0 Å². The molecule has 2 atom stereocenters. The molecule has 0 spiro atoms. The average Bonchev–Trinajstić information content (AvgIpc) is 3.25. The molecule has 34 heavy (non-hydrogen) atoms. The first-order chi connectivity index (χ1) is 16.4. The number of rotatable bonds is 4. The Morgan fingerprint density at radius 2 is 1.91 bits per heavy atom. The highest BCUT2D eigenvalue weighted by atomic mass is 16.5. The minimum absolute atomic E-state index is 0.00580. The minimum Gasteiger partial charge on any atom is -0.469 e. The number of esters is 1. The van der Waals surface area contributed by atoms with Crippen LogP contribution in [-0.4, -0.2) is 57.0 Å². The van der Waals surface area contributed by atoms with Crippen molar-refractivity contribution in [2.24, 2.45) is 5.92 Å². The Hall–Kier alpha value is -3.95. The van der Waals surface area contributed by atoms with Gasteiger partial charge < -0.3 is 14.5 Å². The maximum Gasteiger partial charge on any atom is 0.311 e. The molecule has 1 saturated heterocycles. The van der Waals surface area contributed by atoms with E-state index in [4.69, 9.17) is 14.7 Å². The fourth-order valence-electron chi connectivity index (χ4n) is 4.62. The summed E-state index contributed by atoms with van der Waals surface area (Å²) in [4.78, 5) is 50.9. The van der Waals surface area contributed by atoms with E-state index in [0.29, 0.717) is 18.2 Å². The van der Waals surface area contributed by atoms with Crippen LogP contribution in [0.15, 0.2) is 36.8 Å². The number of aryl methyl sites for hydroxylation is 1. The van der Waals surface area contributed by atoms with Crippen LogP contribution >= 0.6 is 0 Å². The van der Waals surface area contributed by atoms with Gasteiger partial charge in [0.1, 0.15) is 5.82 Å². The van der Waals surface area contributed by atoms with E-state index in [9.17, 15) is 9.59 Å². The molecule has 5 heterocycles. The van der Waals surface area contributed by atoms with Gasteiger partial charge >= 0.3 is 5.97 Å². The van der Waals surface area contributed by atoms with Gasteiger partial charge in [-0.2, -0.15) is 0 Å². The summed E-state index contributed by atoms with van der Waals surface area (Å²) < 4.78 is 4.84. The number of aromatic nitrogens is 5. The molecule has 1 amide bonds. The minimum atomic E-state index is -0.449. The first-order valence-corrected chi connectivity index (χ1v) is 11.2. The SMILES string of the molecule is COC(=O)C1CC(=O)N(c2cc(C)nc(N3CCc4nc(-c5ncccn5)ncc4C3C)c2)C1.